The zero-order valence-corrected chi connectivity index (χ0v) is 6.39. The molecular weight excluding hydrogens is 222 g/mol. The summed E-state index contributed by atoms with van der Waals surface area (Å²) in [4.78, 5) is 0. The van der Waals surface area contributed by atoms with E-state index in [2.05, 4.69) is 16.2 Å². The van der Waals surface area contributed by atoms with E-state index in [-0.39, 0.29) is 5.76 Å². The number of halogens is 2. The Hall–Kier alpha value is -0.0600. The molecule has 0 fully saturated rings. The first-order chi connectivity index (χ1) is 3.72. The maximum absolute atomic E-state index is 12.2. The second-order valence-electron chi connectivity index (χ2n) is 1.18. The molecule has 0 aliphatic rings. The molecule has 0 saturated heterocycles. The van der Waals surface area contributed by atoms with Gasteiger partial charge in [-0.2, -0.15) is 0 Å². The SMILES string of the molecule is C=CC(F)C(=C)OI. The highest BCUT2D eigenvalue weighted by Gasteiger charge is 2.04. The fourth-order valence-electron chi connectivity index (χ4n) is 0.174. The molecule has 0 N–H and O–H groups in total. The Morgan fingerprint density at radius 2 is 2.38 bits per heavy atom. The van der Waals surface area contributed by atoms with Crippen LogP contribution in [0.3, 0.4) is 0 Å². The molecule has 1 atom stereocenters. The predicted octanol–water partition coefficient (Wildman–Crippen LogP) is 2.39. The molecule has 3 heteroatoms. The van der Waals surface area contributed by atoms with Crippen LogP contribution in [0, 0.1) is 0 Å². The van der Waals surface area contributed by atoms with E-state index in [1.807, 2.05) is 0 Å². The minimum atomic E-state index is -1.24. The van der Waals surface area contributed by atoms with Gasteiger partial charge in [-0.1, -0.05) is 19.2 Å². The van der Waals surface area contributed by atoms with Gasteiger partial charge >= 0.3 is 0 Å². The molecule has 0 aliphatic heterocycles. The molecule has 0 aromatic rings. The number of allylic oxidation sites excluding steroid dienone is 1. The first kappa shape index (κ1) is 7.94. The predicted molar refractivity (Wildman–Crippen MR) is 39.3 cm³/mol. The Morgan fingerprint density at radius 3 is 2.50 bits per heavy atom. The molecule has 8 heavy (non-hydrogen) atoms. The van der Waals surface area contributed by atoms with Gasteiger partial charge in [-0.3, -0.25) is 0 Å². The molecule has 0 spiro atoms. The maximum Gasteiger partial charge on any atom is 0.192 e. The van der Waals surface area contributed by atoms with E-state index in [1.54, 1.807) is 23.0 Å². The lowest BCUT2D eigenvalue weighted by Crippen LogP contribution is -1.96. The molecule has 46 valence electrons. The van der Waals surface area contributed by atoms with Crippen molar-refractivity contribution < 1.29 is 7.46 Å². The largest absolute Gasteiger partial charge is 0.429 e. The van der Waals surface area contributed by atoms with Gasteiger partial charge in [0.05, 0.1) is 0 Å². The molecule has 0 heterocycles. The summed E-state index contributed by atoms with van der Waals surface area (Å²) >= 11 is 1.56. The van der Waals surface area contributed by atoms with E-state index in [0.717, 1.165) is 6.08 Å². The smallest absolute Gasteiger partial charge is 0.192 e. The third-order valence-electron chi connectivity index (χ3n) is 0.614. The summed E-state index contributed by atoms with van der Waals surface area (Å²) in [6.07, 6.45) is -0.118. The lowest BCUT2D eigenvalue weighted by atomic mass is 10.3. The van der Waals surface area contributed by atoms with Gasteiger partial charge in [0.15, 0.2) is 29.2 Å². The number of hydrogen-bond acceptors (Lipinski definition) is 1. The minimum absolute atomic E-state index is 0.0839. The normalized spacial score (nSPS) is 12.2. The van der Waals surface area contributed by atoms with Gasteiger partial charge in [0, 0.05) is 0 Å². The summed E-state index contributed by atoms with van der Waals surface area (Å²) in [5, 5.41) is 0. The zero-order valence-electron chi connectivity index (χ0n) is 4.23. The quantitative estimate of drug-likeness (QED) is 0.409. The second-order valence-corrected chi connectivity index (χ2v) is 1.62. The van der Waals surface area contributed by atoms with Crippen molar-refractivity contribution in [1.82, 2.24) is 0 Å². The van der Waals surface area contributed by atoms with Crippen molar-refractivity contribution in [3.05, 3.63) is 25.0 Å². The summed E-state index contributed by atoms with van der Waals surface area (Å²) < 4.78 is 16.6. The molecule has 0 amide bonds. The van der Waals surface area contributed by atoms with Crippen molar-refractivity contribution in [1.29, 1.82) is 0 Å². The average molecular weight is 228 g/mol. The molecule has 0 aromatic carbocycles. The standard InChI is InChI=1S/C5H6FIO/c1-3-5(6)4(2)8-7/h3,5H,1-2H2. The monoisotopic (exact) mass is 228 g/mol. The third kappa shape index (κ3) is 2.30. The van der Waals surface area contributed by atoms with Gasteiger partial charge in [0.2, 0.25) is 0 Å². The van der Waals surface area contributed by atoms with Crippen molar-refractivity contribution >= 4 is 23.0 Å². The van der Waals surface area contributed by atoms with Gasteiger partial charge < -0.3 is 3.07 Å². The van der Waals surface area contributed by atoms with Crippen LogP contribution in [0.4, 0.5) is 4.39 Å². The van der Waals surface area contributed by atoms with Crippen LogP contribution >= 0.6 is 23.0 Å². The molecule has 0 rings (SSSR count). The zero-order chi connectivity index (χ0) is 6.57. The van der Waals surface area contributed by atoms with E-state index in [1.165, 1.54) is 0 Å². The summed E-state index contributed by atoms with van der Waals surface area (Å²) in [6, 6.07) is 0. The van der Waals surface area contributed by atoms with Crippen LogP contribution < -0.4 is 0 Å². The van der Waals surface area contributed by atoms with Crippen LogP contribution in [0.1, 0.15) is 0 Å². The van der Waals surface area contributed by atoms with Gasteiger partial charge in [0.25, 0.3) is 0 Å². The van der Waals surface area contributed by atoms with Crippen molar-refractivity contribution in [2.45, 2.75) is 6.17 Å². The van der Waals surface area contributed by atoms with Crippen LogP contribution in [0.25, 0.3) is 0 Å². The van der Waals surface area contributed by atoms with Crippen LogP contribution in [-0.2, 0) is 3.07 Å². The molecular formula is C5H6FIO. The molecule has 0 saturated carbocycles. The van der Waals surface area contributed by atoms with Crippen LogP contribution in [0.2, 0.25) is 0 Å². The lowest BCUT2D eigenvalue weighted by molar-refractivity contribution is 0.364. The van der Waals surface area contributed by atoms with Crippen molar-refractivity contribution in [2.75, 3.05) is 0 Å². The van der Waals surface area contributed by atoms with Gasteiger partial charge in [0.1, 0.15) is 5.76 Å². The van der Waals surface area contributed by atoms with Crippen LogP contribution in [-0.4, -0.2) is 6.17 Å². The summed E-state index contributed by atoms with van der Waals surface area (Å²) in [5.74, 6) is 0.0839. The van der Waals surface area contributed by atoms with E-state index >= 15 is 0 Å². The summed E-state index contributed by atoms with van der Waals surface area (Å²) in [6.45, 7) is 6.48. The molecule has 0 aromatic heterocycles. The Balaban J connectivity index is 3.62. The van der Waals surface area contributed by atoms with E-state index in [0.29, 0.717) is 0 Å². The van der Waals surface area contributed by atoms with Crippen LogP contribution in [0.5, 0.6) is 0 Å². The van der Waals surface area contributed by atoms with Gasteiger partial charge in [-0.25, -0.2) is 4.39 Å². The Kier molecular flexibility index (Phi) is 3.85. The Labute approximate surface area is 61.9 Å². The first-order valence-electron chi connectivity index (χ1n) is 1.96. The third-order valence-corrected chi connectivity index (χ3v) is 1.18. The first-order valence-corrected chi connectivity index (χ1v) is 2.84. The number of hydrogen-bond donors (Lipinski definition) is 0. The van der Waals surface area contributed by atoms with E-state index < -0.39 is 6.17 Å². The Bertz CT molecular complexity index is 103. The fraction of sp³-hybridized carbons (Fsp3) is 0.200. The summed E-state index contributed by atoms with van der Waals surface area (Å²) in [7, 11) is 0. The maximum atomic E-state index is 12.2. The van der Waals surface area contributed by atoms with Gasteiger partial charge in [-0.15, -0.1) is 0 Å². The topological polar surface area (TPSA) is 9.23 Å². The lowest BCUT2D eigenvalue weighted by Gasteiger charge is -2.00. The fourth-order valence-corrected chi connectivity index (χ4v) is 0.417. The average Bonchev–Trinajstić information content (AvgIpc) is 1.84. The molecule has 0 aliphatic carbocycles. The number of rotatable bonds is 3. The van der Waals surface area contributed by atoms with E-state index in [9.17, 15) is 4.39 Å². The molecule has 1 unspecified atom stereocenters. The van der Waals surface area contributed by atoms with Crippen molar-refractivity contribution in [3.8, 4) is 0 Å². The van der Waals surface area contributed by atoms with Crippen molar-refractivity contribution in [3.63, 3.8) is 0 Å². The Morgan fingerprint density at radius 1 is 1.88 bits per heavy atom. The second kappa shape index (κ2) is 3.88. The molecule has 0 bridgehead atoms. The summed E-state index contributed by atoms with van der Waals surface area (Å²) in [5.41, 5.74) is 0. The highest BCUT2D eigenvalue weighted by molar-refractivity contribution is 14.1. The highest BCUT2D eigenvalue weighted by atomic mass is 127. The molecule has 1 nitrogen and oxygen atoms in total. The van der Waals surface area contributed by atoms with Crippen molar-refractivity contribution in [2.24, 2.45) is 0 Å². The molecule has 0 radical (unpaired) electrons. The number of alkyl halides is 1. The highest BCUT2D eigenvalue weighted by Crippen LogP contribution is 2.09. The van der Waals surface area contributed by atoms with E-state index in [4.69, 9.17) is 0 Å². The minimum Gasteiger partial charge on any atom is -0.429 e. The van der Waals surface area contributed by atoms with Crippen LogP contribution in [0.15, 0.2) is 25.0 Å². The van der Waals surface area contributed by atoms with Gasteiger partial charge in [-0.05, 0) is 0 Å².